The van der Waals surface area contributed by atoms with Gasteiger partial charge in [0.1, 0.15) is 0 Å². The highest BCUT2D eigenvalue weighted by Crippen LogP contribution is 2.53. The molecule has 0 saturated heterocycles. The predicted molar refractivity (Wildman–Crippen MR) is 315 cm³/mol. The molecule has 2 heterocycles. The van der Waals surface area contributed by atoms with Crippen LogP contribution in [-0.4, -0.2) is 6.71 Å². The van der Waals surface area contributed by atoms with Gasteiger partial charge in [-0.15, -0.1) is 0 Å². The fourth-order valence-electron chi connectivity index (χ4n) is 12.7. The van der Waals surface area contributed by atoms with E-state index in [1.54, 1.807) is 0 Å². The number of para-hydroxylation sites is 2. The lowest BCUT2D eigenvalue weighted by molar-refractivity contribution is 0.332. The molecule has 3 aliphatic rings. The van der Waals surface area contributed by atoms with Gasteiger partial charge in [-0.25, -0.2) is 0 Å². The lowest BCUT2D eigenvalue weighted by Crippen LogP contribution is -2.62. The van der Waals surface area contributed by atoms with E-state index >= 15 is 0 Å². The molecule has 370 valence electrons. The quantitative estimate of drug-likeness (QED) is 0.159. The van der Waals surface area contributed by atoms with Crippen LogP contribution < -0.4 is 31.1 Å². The van der Waals surface area contributed by atoms with Crippen LogP contribution in [0.1, 0.15) is 164 Å². The predicted octanol–water partition coefficient (Wildman–Crippen LogP) is 17.3. The fourth-order valence-corrected chi connectivity index (χ4v) is 12.7. The fraction of sp³-hybridized carbons (Fsp3) is 0.382. The molecular weight excluding hydrogens is 870 g/mol. The summed E-state index contributed by atoms with van der Waals surface area (Å²) in [6, 6.07) is 45.6. The lowest BCUT2D eigenvalue weighted by Gasteiger charge is -2.48. The van der Waals surface area contributed by atoms with E-state index in [2.05, 4.69) is 262 Å². The molecule has 0 amide bonds. The third-order valence-electron chi connectivity index (χ3n) is 17.0. The smallest absolute Gasteiger partial charge is 0.252 e. The molecule has 0 saturated carbocycles. The van der Waals surface area contributed by atoms with E-state index in [0.717, 1.165) is 24.2 Å². The Morgan fingerprint density at radius 3 is 1.36 bits per heavy atom. The number of anilines is 9. The van der Waals surface area contributed by atoms with E-state index in [4.69, 9.17) is 0 Å². The number of benzene rings is 7. The third kappa shape index (κ3) is 8.02. The summed E-state index contributed by atoms with van der Waals surface area (Å²) in [6.45, 7) is 45.0. The molecule has 4 heteroatoms. The van der Waals surface area contributed by atoms with Gasteiger partial charge < -0.3 is 14.7 Å². The van der Waals surface area contributed by atoms with Crippen LogP contribution in [-0.2, 0) is 27.1 Å². The molecule has 0 radical (unpaired) electrons. The first kappa shape index (κ1) is 49.6. The van der Waals surface area contributed by atoms with E-state index in [0.29, 0.717) is 0 Å². The molecule has 7 aromatic rings. The SMILES string of the molecule is Cc1cc(C(C)(C)C)cc(C)c1N(c1ccccc1)c1ccc2c(c1)N(c1c(C)cccc1C)c1cc(C(C)(C)C)cc3c1B2c1cc2c(cc1N3c1c(C)cc(C(C)(C)C)cc1C)C(C)(C)CCC2(C)C. The molecule has 3 nitrogen and oxygen atoms in total. The summed E-state index contributed by atoms with van der Waals surface area (Å²) in [4.78, 5) is 7.93. The summed E-state index contributed by atoms with van der Waals surface area (Å²) >= 11 is 0. The lowest BCUT2D eigenvalue weighted by atomic mass is 9.33. The van der Waals surface area contributed by atoms with E-state index < -0.39 is 0 Å². The second-order valence-corrected chi connectivity index (χ2v) is 26.6. The van der Waals surface area contributed by atoms with E-state index in [9.17, 15) is 0 Å². The van der Waals surface area contributed by atoms with E-state index in [-0.39, 0.29) is 33.8 Å². The number of fused-ring (bicyclic) bond motifs is 5. The van der Waals surface area contributed by atoms with Crippen LogP contribution in [0.3, 0.4) is 0 Å². The molecule has 7 aromatic carbocycles. The first-order valence-electron chi connectivity index (χ1n) is 26.8. The van der Waals surface area contributed by atoms with Crippen molar-refractivity contribution in [2.24, 2.45) is 0 Å². The van der Waals surface area contributed by atoms with Crippen molar-refractivity contribution in [1.29, 1.82) is 0 Å². The number of hydrogen-bond acceptors (Lipinski definition) is 3. The minimum atomic E-state index is -0.137. The molecule has 0 fully saturated rings. The molecule has 0 unspecified atom stereocenters. The molecule has 72 heavy (non-hydrogen) atoms. The highest BCUT2D eigenvalue weighted by atomic mass is 15.2. The zero-order valence-corrected chi connectivity index (χ0v) is 47.3. The molecular formula is C68H80BN3. The number of hydrogen-bond donors (Lipinski definition) is 0. The number of rotatable bonds is 5. The molecule has 0 bridgehead atoms. The molecule has 0 N–H and O–H groups in total. The van der Waals surface area contributed by atoms with Gasteiger partial charge in [0, 0.05) is 34.1 Å². The van der Waals surface area contributed by atoms with E-state index in [1.807, 2.05) is 0 Å². The summed E-state index contributed by atoms with van der Waals surface area (Å²) in [5, 5.41) is 0. The van der Waals surface area contributed by atoms with Crippen molar-refractivity contribution in [3.05, 3.63) is 176 Å². The maximum absolute atomic E-state index is 2.72. The van der Waals surface area contributed by atoms with Crippen LogP contribution in [0.5, 0.6) is 0 Å². The number of nitrogens with zero attached hydrogens (tertiary/aromatic N) is 3. The molecule has 0 spiro atoms. The largest absolute Gasteiger partial charge is 0.311 e. The maximum atomic E-state index is 2.72. The van der Waals surface area contributed by atoms with Gasteiger partial charge in [0.25, 0.3) is 6.71 Å². The van der Waals surface area contributed by atoms with Gasteiger partial charge in [-0.1, -0.05) is 163 Å². The van der Waals surface area contributed by atoms with Crippen LogP contribution in [0.4, 0.5) is 51.2 Å². The van der Waals surface area contributed by atoms with Gasteiger partial charge >= 0.3 is 0 Å². The Bertz CT molecular complexity index is 3260. The Morgan fingerprint density at radius 2 is 0.861 bits per heavy atom. The van der Waals surface area contributed by atoms with Crippen LogP contribution in [0, 0.1) is 41.5 Å². The zero-order chi connectivity index (χ0) is 51.9. The van der Waals surface area contributed by atoms with Crippen molar-refractivity contribution < 1.29 is 0 Å². The van der Waals surface area contributed by atoms with Gasteiger partial charge in [0.15, 0.2) is 0 Å². The van der Waals surface area contributed by atoms with Crippen LogP contribution in [0.2, 0.25) is 0 Å². The molecule has 2 aliphatic heterocycles. The Hall–Kier alpha value is -6.00. The average molecular weight is 950 g/mol. The standard InChI is InChI=1S/C68H80BN3/c1-41-24-23-25-42(2)61(41)71-56-38-51(70(50-26-21-20-22-27-50)62-43(3)32-47(33-44(62)4)64(7,8)9)28-29-54(56)69-55-39-52-53(68(18,19)31-30-67(52,16)17)40-57(55)72(59-37-49(66(13,14)15)36-58(71)60(59)69)63-45(5)34-48(35-46(63)6)65(10,11)12/h20-29,32-40H,30-31H2,1-19H3. The first-order chi connectivity index (χ1) is 33.6. The van der Waals surface area contributed by atoms with Gasteiger partial charge in [-0.2, -0.15) is 0 Å². The molecule has 10 rings (SSSR count). The molecule has 0 atom stereocenters. The summed E-state index contributed by atoms with van der Waals surface area (Å²) < 4.78 is 0. The van der Waals surface area contributed by atoms with Gasteiger partial charge in [-0.3, -0.25) is 0 Å². The maximum Gasteiger partial charge on any atom is 0.252 e. The van der Waals surface area contributed by atoms with Crippen LogP contribution in [0.15, 0.2) is 115 Å². The topological polar surface area (TPSA) is 9.72 Å². The van der Waals surface area contributed by atoms with Gasteiger partial charge in [-0.05, 0) is 202 Å². The van der Waals surface area contributed by atoms with Crippen molar-refractivity contribution in [3.63, 3.8) is 0 Å². The normalized spacial score (nSPS) is 15.7. The second kappa shape index (κ2) is 16.8. The summed E-state index contributed by atoms with van der Waals surface area (Å²) in [5.41, 5.74) is 30.1. The van der Waals surface area contributed by atoms with Crippen molar-refractivity contribution in [2.75, 3.05) is 14.7 Å². The van der Waals surface area contributed by atoms with Crippen LogP contribution in [0.25, 0.3) is 0 Å². The highest BCUT2D eigenvalue weighted by molar-refractivity contribution is 7.00. The minimum absolute atomic E-state index is 0.0137. The minimum Gasteiger partial charge on any atom is -0.311 e. The first-order valence-corrected chi connectivity index (χ1v) is 26.8. The Morgan fingerprint density at radius 1 is 0.417 bits per heavy atom. The van der Waals surface area contributed by atoms with E-state index in [1.165, 1.54) is 117 Å². The number of aryl methyl sites for hydroxylation is 6. The Kier molecular flexibility index (Phi) is 11.5. The monoisotopic (exact) mass is 950 g/mol. The van der Waals surface area contributed by atoms with Crippen molar-refractivity contribution in [1.82, 2.24) is 0 Å². The van der Waals surface area contributed by atoms with Gasteiger partial charge in [0.2, 0.25) is 0 Å². The van der Waals surface area contributed by atoms with Crippen molar-refractivity contribution >= 4 is 74.3 Å². The Balaban J connectivity index is 1.36. The second-order valence-electron chi connectivity index (χ2n) is 26.6. The third-order valence-corrected chi connectivity index (χ3v) is 17.0. The average Bonchev–Trinajstić information content (AvgIpc) is 3.28. The van der Waals surface area contributed by atoms with Crippen molar-refractivity contribution in [3.8, 4) is 0 Å². The highest BCUT2D eigenvalue weighted by Gasteiger charge is 2.48. The van der Waals surface area contributed by atoms with Gasteiger partial charge in [0.05, 0.1) is 17.1 Å². The molecule has 0 aromatic heterocycles. The molecule has 1 aliphatic carbocycles. The summed E-state index contributed by atoms with van der Waals surface area (Å²) in [5.74, 6) is 0. The zero-order valence-electron chi connectivity index (χ0n) is 47.3. The van der Waals surface area contributed by atoms with Crippen molar-refractivity contribution in [2.45, 2.75) is 171 Å². The summed E-state index contributed by atoms with van der Waals surface area (Å²) in [7, 11) is 0. The van der Waals surface area contributed by atoms with Crippen LogP contribution >= 0.6 is 0 Å². The Labute approximate surface area is 434 Å². The summed E-state index contributed by atoms with van der Waals surface area (Å²) in [6.07, 6.45) is 2.32.